The van der Waals surface area contributed by atoms with Crippen LogP contribution in [0.15, 0.2) is 54.6 Å². The smallest absolute Gasteiger partial charge is 0.248 e. The highest BCUT2D eigenvalue weighted by atomic mass is 35.5. The van der Waals surface area contributed by atoms with Crippen molar-refractivity contribution >= 4 is 23.2 Å². The van der Waals surface area contributed by atoms with Crippen LogP contribution in [0.1, 0.15) is 24.1 Å². The van der Waals surface area contributed by atoms with Crippen LogP contribution >= 0.6 is 11.6 Å². The number of allylic oxidation sites excluding steroid dienone is 1. The first kappa shape index (κ1) is 15.7. The minimum atomic E-state index is -0.104. The van der Waals surface area contributed by atoms with Crippen LogP contribution in [0.2, 0.25) is 5.02 Å². The zero-order chi connectivity index (χ0) is 17.2. The zero-order valence-electron chi connectivity index (χ0n) is 13.6. The van der Waals surface area contributed by atoms with Crippen LogP contribution in [0.4, 0.5) is 5.95 Å². The van der Waals surface area contributed by atoms with Gasteiger partial charge < -0.3 is 10.1 Å². The van der Waals surface area contributed by atoms with Crippen molar-refractivity contribution in [3.8, 4) is 5.75 Å². The number of hydrogen-bond acceptors (Lipinski definition) is 5. The maximum absolute atomic E-state index is 5.99. The summed E-state index contributed by atoms with van der Waals surface area (Å²) < 4.78 is 7.28. The summed E-state index contributed by atoms with van der Waals surface area (Å²) in [6.07, 6.45) is 2.10. The Hall–Kier alpha value is -2.86. The molecule has 7 heteroatoms. The fourth-order valence-electron chi connectivity index (χ4n) is 2.82. The van der Waals surface area contributed by atoms with E-state index in [1.54, 1.807) is 4.68 Å². The second-order valence-electron chi connectivity index (χ2n) is 5.61. The van der Waals surface area contributed by atoms with Crippen LogP contribution in [-0.2, 0) is 0 Å². The Morgan fingerprint density at radius 1 is 1.12 bits per heavy atom. The van der Waals surface area contributed by atoms with Gasteiger partial charge in [0.05, 0.1) is 6.61 Å². The van der Waals surface area contributed by atoms with Gasteiger partial charge in [-0.3, -0.25) is 0 Å². The third-order valence-electron chi connectivity index (χ3n) is 4.02. The fraction of sp³-hybridized carbons (Fsp3) is 0.167. The molecule has 1 aliphatic heterocycles. The van der Waals surface area contributed by atoms with Crippen LogP contribution in [0.25, 0.3) is 5.70 Å². The van der Waals surface area contributed by atoms with Gasteiger partial charge in [0.2, 0.25) is 5.95 Å². The number of ether oxygens (including phenoxy) is 1. The van der Waals surface area contributed by atoms with E-state index in [2.05, 4.69) is 26.9 Å². The number of benzene rings is 2. The van der Waals surface area contributed by atoms with E-state index < -0.39 is 0 Å². The van der Waals surface area contributed by atoms with E-state index in [0.29, 0.717) is 17.6 Å². The number of nitrogens with one attached hydrogen (secondary N) is 1. The summed E-state index contributed by atoms with van der Waals surface area (Å²) in [6.45, 7) is 2.61. The summed E-state index contributed by atoms with van der Waals surface area (Å²) in [5.41, 5.74) is 3.04. The molecule has 0 fully saturated rings. The lowest BCUT2D eigenvalue weighted by atomic mass is 10.0. The number of nitrogens with zero attached hydrogens (tertiary/aromatic N) is 4. The molecule has 0 spiro atoms. The number of anilines is 1. The molecule has 1 N–H and O–H groups in total. The Morgan fingerprint density at radius 2 is 1.88 bits per heavy atom. The highest BCUT2D eigenvalue weighted by Gasteiger charge is 2.24. The van der Waals surface area contributed by atoms with Crippen LogP contribution < -0.4 is 10.1 Å². The van der Waals surface area contributed by atoms with Gasteiger partial charge in [0.25, 0.3) is 0 Å². The Bertz CT molecular complexity index is 902. The Morgan fingerprint density at radius 3 is 2.60 bits per heavy atom. The van der Waals surface area contributed by atoms with Crippen LogP contribution in [0, 0.1) is 0 Å². The molecule has 2 aromatic carbocycles. The second-order valence-corrected chi connectivity index (χ2v) is 6.04. The number of hydrogen-bond donors (Lipinski definition) is 1. The third kappa shape index (κ3) is 3.08. The van der Waals surface area contributed by atoms with Crippen molar-refractivity contribution in [3.05, 3.63) is 70.8 Å². The first-order chi connectivity index (χ1) is 12.2. The molecule has 1 aliphatic rings. The van der Waals surface area contributed by atoms with Gasteiger partial charge in [-0.15, -0.1) is 0 Å². The average Bonchev–Trinajstić information content (AvgIpc) is 3.11. The predicted molar refractivity (Wildman–Crippen MR) is 96.6 cm³/mol. The summed E-state index contributed by atoms with van der Waals surface area (Å²) in [4.78, 5) is 0. The standard InChI is InChI=1S/C18H16ClN5O/c1-2-25-15-9-5-13(6-10-15)17-11-16(12-3-7-14(19)8-4-12)20-18-21-22-23-24(17)18/h3-11,17H,2H2,1H3,(H,20,21,23)/t17-/m1/s1. The van der Waals surface area contributed by atoms with Crippen molar-refractivity contribution in [3.63, 3.8) is 0 Å². The minimum Gasteiger partial charge on any atom is -0.494 e. The van der Waals surface area contributed by atoms with E-state index in [0.717, 1.165) is 22.6 Å². The van der Waals surface area contributed by atoms with Gasteiger partial charge in [0, 0.05) is 10.7 Å². The first-order valence-electron chi connectivity index (χ1n) is 8.00. The van der Waals surface area contributed by atoms with Crippen LogP contribution in [-0.4, -0.2) is 26.8 Å². The van der Waals surface area contributed by atoms with Crippen molar-refractivity contribution in [1.29, 1.82) is 0 Å². The molecule has 3 aromatic rings. The quantitative estimate of drug-likeness (QED) is 0.773. The second kappa shape index (κ2) is 6.57. The molecule has 0 bridgehead atoms. The summed E-state index contributed by atoms with van der Waals surface area (Å²) in [7, 11) is 0. The summed E-state index contributed by atoms with van der Waals surface area (Å²) in [5, 5.41) is 15.9. The number of halogens is 1. The molecule has 4 rings (SSSR count). The van der Waals surface area contributed by atoms with E-state index in [4.69, 9.17) is 16.3 Å². The lowest BCUT2D eigenvalue weighted by molar-refractivity contribution is 0.340. The largest absolute Gasteiger partial charge is 0.494 e. The van der Waals surface area contributed by atoms with E-state index in [9.17, 15) is 0 Å². The van der Waals surface area contributed by atoms with Gasteiger partial charge in [-0.25, -0.2) is 0 Å². The molecular weight excluding hydrogens is 338 g/mol. The minimum absolute atomic E-state index is 0.104. The van der Waals surface area contributed by atoms with Gasteiger partial charge in [-0.1, -0.05) is 41.0 Å². The number of aromatic nitrogens is 4. The molecule has 0 unspecified atom stereocenters. The van der Waals surface area contributed by atoms with Gasteiger partial charge in [0.1, 0.15) is 11.8 Å². The number of tetrazole rings is 1. The Balaban J connectivity index is 1.73. The molecule has 1 atom stereocenters. The molecule has 6 nitrogen and oxygen atoms in total. The Kier molecular flexibility index (Phi) is 4.11. The van der Waals surface area contributed by atoms with Gasteiger partial charge >= 0.3 is 0 Å². The predicted octanol–water partition coefficient (Wildman–Crippen LogP) is 3.78. The van der Waals surface area contributed by atoms with Gasteiger partial charge in [-0.2, -0.15) is 4.68 Å². The van der Waals surface area contributed by atoms with E-state index in [1.807, 2.05) is 55.5 Å². The Labute approximate surface area is 150 Å². The summed E-state index contributed by atoms with van der Waals surface area (Å²) >= 11 is 5.99. The van der Waals surface area contributed by atoms with Crippen molar-refractivity contribution in [2.45, 2.75) is 13.0 Å². The van der Waals surface area contributed by atoms with Gasteiger partial charge in [-0.05, 0) is 58.8 Å². The number of fused-ring (bicyclic) bond motifs is 1. The molecule has 0 aliphatic carbocycles. The lowest BCUT2D eigenvalue weighted by Crippen LogP contribution is -2.20. The zero-order valence-corrected chi connectivity index (χ0v) is 14.3. The molecule has 126 valence electrons. The SMILES string of the molecule is CCOc1ccc([C@H]2C=C(c3ccc(Cl)cc3)Nc3nnnn32)cc1. The maximum atomic E-state index is 5.99. The highest BCUT2D eigenvalue weighted by Crippen LogP contribution is 2.32. The van der Waals surface area contributed by atoms with Crippen molar-refractivity contribution in [2.75, 3.05) is 11.9 Å². The van der Waals surface area contributed by atoms with Crippen LogP contribution in [0.5, 0.6) is 5.75 Å². The average molecular weight is 354 g/mol. The number of rotatable bonds is 4. The molecule has 0 saturated heterocycles. The van der Waals surface area contributed by atoms with Gasteiger partial charge in [0.15, 0.2) is 0 Å². The first-order valence-corrected chi connectivity index (χ1v) is 8.38. The molecular formula is C18H16ClN5O. The molecule has 2 heterocycles. The summed E-state index contributed by atoms with van der Waals surface area (Å²) in [6, 6.07) is 15.5. The van der Waals surface area contributed by atoms with E-state index in [-0.39, 0.29) is 6.04 Å². The van der Waals surface area contributed by atoms with Crippen molar-refractivity contribution < 1.29 is 4.74 Å². The van der Waals surface area contributed by atoms with Crippen molar-refractivity contribution in [1.82, 2.24) is 20.2 Å². The van der Waals surface area contributed by atoms with Crippen LogP contribution in [0.3, 0.4) is 0 Å². The maximum Gasteiger partial charge on any atom is 0.248 e. The molecule has 1 aromatic heterocycles. The molecule has 0 saturated carbocycles. The molecule has 25 heavy (non-hydrogen) atoms. The normalized spacial score (nSPS) is 15.9. The third-order valence-corrected chi connectivity index (χ3v) is 4.27. The van der Waals surface area contributed by atoms with E-state index >= 15 is 0 Å². The van der Waals surface area contributed by atoms with E-state index in [1.165, 1.54) is 0 Å². The lowest BCUT2D eigenvalue weighted by Gasteiger charge is -2.23. The monoisotopic (exact) mass is 353 g/mol. The van der Waals surface area contributed by atoms with Crippen molar-refractivity contribution in [2.24, 2.45) is 0 Å². The molecule has 0 amide bonds. The highest BCUT2D eigenvalue weighted by molar-refractivity contribution is 6.30. The fourth-order valence-corrected chi connectivity index (χ4v) is 2.94. The molecule has 0 radical (unpaired) electrons. The summed E-state index contributed by atoms with van der Waals surface area (Å²) in [5.74, 6) is 1.45. The topological polar surface area (TPSA) is 64.9 Å².